The van der Waals surface area contributed by atoms with E-state index >= 15 is 0 Å². The van der Waals surface area contributed by atoms with Gasteiger partial charge in [-0.3, -0.25) is 0 Å². The number of benzene rings is 1. The van der Waals surface area contributed by atoms with Crippen LogP contribution in [0.2, 0.25) is 0 Å². The van der Waals surface area contributed by atoms with E-state index in [2.05, 4.69) is 20.6 Å². The Morgan fingerprint density at radius 3 is 2.42 bits per heavy atom. The average Bonchev–Trinajstić information content (AvgIpc) is 2.53. The van der Waals surface area contributed by atoms with Crippen molar-refractivity contribution in [1.82, 2.24) is 9.97 Å². The minimum atomic E-state index is -4.63. The van der Waals surface area contributed by atoms with Crippen LogP contribution in [0.3, 0.4) is 0 Å². The normalized spacial score (nSPS) is 12.8. The molecule has 1 aromatic heterocycles. The molecule has 2 rings (SSSR count). The van der Waals surface area contributed by atoms with Gasteiger partial charge in [-0.05, 0) is 24.6 Å². The maximum absolute atomic E-state index is 12.9. The molecule has 0 spiro atoms. The molecule has 0 saturated carbocycles. The van der Waals surface area contributed by atoms with Gasteiger partial charge in [0.15, 0.2) is 5.69 Å². The fourth-order valence-electron chi connectivity index (χ4n) is 1.81. The maximum atomic E-state index is 12.9. The van der Waals surface area contributed by atoms with E-state index in [0.29, 0.717) is 5.56 Å². The number of nitrogens with zero attached hydrogens (tertiary/aromatic N) is 2. The van der Waals surface area contributed by atoms with E-state index in [1.54, 1.807) is 6.92 Å². The Labute approximate surface area is 135 Å². The van der Waals surface area contributed by atoms with Gasteiger partial charge in [0.2, 0.25) is 5.95 Å². The molecule has 130 valence electrons. The molecule has 3 N–H and O–H groups in total. The number of aliphatic hydroxyl groups excluding tert-OH is 1. The summed E-state index contributed by atoms with van der Waals surface area (Å²) in [6.07, 6.45) is -4.63. The lowest BCUT2D eigenvalue weighted by Crippen LogP contribution is -2.22. The summed E-state index contributed by atoms with van der Waals surface area (Å²) >= 11 is 0. The molecule has 1 aromatic carbocycles. The molecule has 1 heterocycles. The van der Waals surface area contributed by atoms with Crippen LogP contribution in [0.25, 0.3) is 0 Å². The van der Waals surface area contributed by atoms with E-state index in [1.807, 2.05) is 0 Å². The van der Waals surface area contributed by atoms with Crippen LogP contribution in [-0.2, 0) is 12.7 Å². The Morgan fingerprint density at radius 1 is 1.17 bits per heavy atom. The molecular formula is C15H16F4N4O. The van der Waals surface area contributed by atoms with Gasteiger partial charge in [0.25, 0.3) is 0 Å². The van der Waals surface area contributed by atoms with E-state index in [1.165, 1.54) is 24.3 Å². The third-order valence-electron chi connectivity index (χ3n) is 3.05. The molecule has 5 nitrogen and oxygen atoms in total. The number of aliphatic hydroxyl groups is 1. The highest BCUT2D eigenvalue weighted by Gasteiger charge is 2.33. The van der Waals surface area contributed by atoms with Gasteiger partial charge >= 0.3 is 6.18 Å². The molecular weight excluding hydrogens is 328 g/mol. The zero-order chi connectivity index (χ0) is 17.7. The summed E-state index contributed by atoms with van der Waals surface area (Å²) in [4.78, 5) is 7.36. The van der Waals surface area contributed by atoms with E-state index in [4.69, 9.17) is 5.11 Å². The molecule has 0 aliphatic carbocycles. The fraction of sp³-hybridized carbons (Fsp3) is 0.333. The van der Waals surface area contributed by atoms with Crippen molar-refractivity contribution in [3.05, 3.63) is 47.4 Å². The lowest BCUT2D eigenvalue weighted by molar-refractivity contribution is -0.141. The predicted octanol–water partition coefficient (Wildman–Crippen LogP) is 3.04. The van der Waals surface area contributed by atoms with E-state index in [-0.39, 0.29) is 24.9 Å². The number of aromatic nitrogens is 2. The SMILES string of the molecule is C[C@H](CO)Nc1nc(NCc2ccc(F)cc2)cc(C(F)(F)F)n1. The third kappa shape index (κ3) is 5.05. The summed E-state index contributed by atoms with van der Waals surface area (Å²) in [5, 5.41) is 14.3. The summed E-state index contributed by atoms with van der Waals surface area (Å²) in [6.45, 7) is 1.47. The molecule has 0 aliphatic rings. The summed E-state index contributed by atoms with van der Waals surface area (Å²) in [5.74, 6) is -0.674. The Balaban J connectivity index is 2.20. The quantitative estimate of drug-likeness (QED) is 0.703. The van der Waals surface area contributed by atoms with Crippen LogP contribution in [0, 0.1) is 5.82 Å². The van der Waals surface area contributed by atoms with Gasteiger partial charge in [0.1, 0.15) is 11.6 Å². The van der Waals surface area contributed by atoms with E-state index in [0.717, 1.165) is 6.07 Å². The lowest BCUT2D eigenvalue weighted by atomic mass is 10.2. The Hall–Kier alpha value is -2.42. The first kappa shape index (κ1) is 17.9. The first-order valence-corrected chi connectivity index (χ1v) is 7.10. The van der Waals surface area contributed by atoms with Crippen LogP contribution in [0.4, 0.5) is 29.3 Å². The monoisotopic (exact) mass is 344 g/mol. The summed E-state index contributed by atoms with van der Waals surface area (Å²) in [7, 11) is 0. The van der Waals surface area contributed by atoms with Gasteiger partial charge in [-0.15, -0.1) is 0 Å². The highest BCUT2D eigenvalue weighted by Crippen LogP contribution is 2.29. The van der Waals surface area contributed by atoms with Crippen LogP contribution >= 0.6 is 0 Å². The predicted molar refractivity (Wildman–Crippen MR) is 80.9 cm³/mol. The van der Waals surface area contributed by atoms with Crippen molar-refractivity contribution in [2.75, 3.05) is 17.2 Å². The minimum Gasteiger partial charge on any atom is -0.394 e. The number of anilines is 2. The number of nitrogens with one attached hydrogen (secondary N) is 2. The molecule has 0 unspecified atom stereocenters. The molecule has 0 saturated heterocycles. The Morgan fingerprint density at radius 2 is 1.83 bits per heavy atom. The molecule has 2 aromatic rings. The van der Waals surface area contributed by atoms with Gasteiger partial charge in [0.05, 0.1) is 6.61 Å². The smallest absolute Gasteiger partial charge is 0.394 e. The lowest BCUT2D eigenvalue weighted by Gasteiger charge is -2.15. The Bertz CT molecular complexity index is 676. The number of alkyl halides is 3. The molecule has 0 radical (unpaired) electrons. The molecule has 0 bridgehead atoms. The van der Waals surface area contributed by atoms with Crippen molar-refractivity contribution in [2.45, 2.75) is 25.7 Å². The van der Waals surface area contributed by atoms with Crippen molar-refractivity contribution >= 4 is 11.8 Å². The first-order valence-electron chi connectivity index (χ1n) is 7.10. The minimum absolute atomic E-state index is 0.0331. The van der Waals surface area contributed by atoms with Crippen molar-refractivity contribution in [3.63, 3.8) is 0 Å². The van der Waals surface area contributed by atoms with Crippen LogP contribution in [0.1, 0.15) is 18.2 Å². The molecule has 24 heavy (non-hydrogen) atoms. The molecule has 0 fully saturated rings. The zero-order valence-corrected chi connectivity index (χ0v) is 12.7. The highest BCUT2D eigenvalue weighted by molar-refractivity contribution is 5.44. The molecule has 0 amide bonds. The summed E-state index contributed by atoms with van der Waals surface area (Å²) < 4.78 is 51.7. The largest absolute Gasteiger partial charge is 0.433 e. The van der Waals surface area contributed by atoms with E-state index in [9.17, 15) is 17.6 Å². The average molecular weight is 344 g/mol. The number of hydrogen-bond donors (Lipinski definition) is 3. The van der Waals surface area contributed by atoms with Gasteiger partial charge < -0.3 is 15.7 Å². The van der Waals surface area contributed by atoms with Crippen molar-refractivity contribution in [2.24, 2.45) is 0 Å². The number of halogens is 4. The van der Waals surface area contributed by atoms with Crippen LogP contribution in [0.15, 0.2) is 30.3 Å². The maximum Gasteiger partial charge on any atom is 0.433 e. The fourth-order valence-corrected chi connectivity index (χ4v) is 1.81. The van der Waals surface area contributed by atoms with Crippen LogP contribution < -0.4 is 10.6 Å². The molecule has 0 aliphatic heterocycles. The first-order chi connectivity index (χ1) is 11.3. The number of rotatable bonds is 6. The van der Waals surface area contributed by atoms with Crippen molar-refractivity contribution in [3.8, 4) is 0 Å². The van der Waals surface area contributed by atoms with Gasteiger partial charge in [-0.1, -0.05) is 12.1 Å². The standard InChI is InChI=1S/C15H16F4N4O/c1-9(8-24)21-14-22-12(15(17,18)19)6-13(23-14)20-7-10-2-4-11(16)5-3-10/h2-6,9,24H,7-8H2,1H3,(H2,20,21,22,23)/t9-/m1/s1. The second kappa shape index (κ2) is 7.43. The topological polar surface area (TPSA) is 70.1 Å². The zero-order valence-electron chi connectivity index (χ0n) is 12.7. The highest BCUT2D eigenvalue weighted by atomic mass is 19.4. The third-order valence-corrected chi connectivity index (χ3v) is 3.05. The van der Waals surface area contributed by atoms with Crippen LogP contribution in [-0.4, -0.2) is 27.7 Å². The van der Waals surface area contributed by atoms with Gasteiger partial charge in [-0.25, -0.2) is 9.37 Å². The van der Waals surface area contributed by atoms with Crippen molar-refractivity contribution in [1.29, 1.82) is 0 Å². The second-order valence-corrected chi connectivity index (χ2v) is 5.17. The second-order valence-electron chi connectivity index (χ2n) is 5.17. The van der Waals surface area contributed by atoms with Gasteiger partial charge in [-0.2, -0.15) is 18.2 Å². The number of hydrogen-bond acceptors (Lipinski definition) is 5. The summed E-state index contributed by atoms with van der Waals surface area (Å²) in [6, 6.07) is 5.83. The molecule has 9 heteroatoms. The van der Waals surface area contributed by atoms with E-state index < -0.39 is 23.7 Å². The molecule has 1 atom stereocenters. The van der Waals surface area contributed by atoms with Gasteiger partial charge in [0, 0.05) is 18.7 Å². The van der Waals surface area contributed by atoms with Crippen LogP contribution in [0.5, 0.6) is 0 Å². The van der Waals surface area contributed by atoms with Crippen molar-refractivity contribution < 1.29 is 22.7 Å². The summed E-state index contributed by atoms with van der Waals surface area (Å²) in [5.41, 5.74) is -0.423. The Kier molecular flexibility index (Phi) is 5.55.